The zero-order chi connectivity index (χ0) is 22.4. The number of hydrogen-bond acceptors (Lipinski definition) is 6. The van der Waals surface area contributed by atoms with Crippen molar-refractivity contribution in [3.05, 3.63) is 45.6 Å². The van der Waals surface area contributed by atoms with Crippen molar-refractivity contribution in [2.45, 2.75) is 13.0 Å². The molecule has 0 saturated carbocycles. The number of nitrogens with zero attached hydrogens (tertiary/aromatic N) is 1. The zero-order valence-electron chi connectivity index (χ0n) is 17.3. The minimum atomic E-state index is -0.894. The lowest BCUT2D eigenvalue weighted by atomic mass is 10.1. The van der Waals surface area contributed by atoms with Gasteiger partial charge in [-0.3, -0.25) is 14.4 Å². The van der Waals surface area contributed by atoms with Crippen molar-refractivity contribution >= 4 is 40.4 Å². The molecule has 1 aliphatic rings. The number of benzene rings is 1. The zero-order valence-corrected chi connectivity index (χ0v) is 18.1. The van der Waals surface area contributed by atoms with Gasteiger partial charge in [-0.1, -0.05) is 5.92 Å². The van der Waals surface area contributed by atoms with Crippen molar-refractivity contribution in [3.8, 4) is 12.3 Å². The van der Waals surface area contributed by atoms with Gasteiger partial charge in [0.25, 0.3) is 11.8 Å². The van der Waals surface area contributed by atoms with Gasteiger partial charge in [0.05, 0.1) is 23.0 Å². The summed E-state index contributed by atoms with van der Waals surface area (Å²) in [4.78, 5) is 40.0. The molecule has 1 aromatic heterocycles. The number of terminal acetylenes is 1. The highest BCUT2D eigenvalue weighted by molar-refractivity contribution is 7.14. The molecule has 2 N–H and O–H groups in total. The SMILES string of the molecule is C#Cc1ccc(C(=O)NC(COC)C(=O)Nc2ccc(N3CCOCC3=O)c(C)c2)s1. The first-order valence-corrected chi connectivity index (χ1v) is 10.4. The summed E-state index contributed by atoms with van der Waals surface area (Å²) in [6, 6.07) is 7.67. The van der Waals surface area contributed by atoms with Gasteiger partial charge in [-0.2, -0.15) is 0 Å². The Bertz CT molecular complexity index is 1030. The van der Waals surface area contributed by atoms with E-state index in [-0.39, 0.29) is 19.1 Å². The third kappa shape index (κ3) is 5.49. The van der Waals surface area contributed by atoms with Crippen LogP contribution in [0.3, 0.4) is 0 Å². The van der Waals surface area contributed by atoms with E-state index in [4.69, 9.17) is 15.9 Å². The molecule has 8 nitrogen and oxygen atoms in total. The summed E-state index contributed by atoms with van der Waals surface area (Å²) in [5, 5.41) is 5.47. The van der Waals surface area contributed by atoms with E-state index in [1.165, 1.54) is 18.4 Å². The van der Waals surface area contributed by atoms with E-state index in [0.717, 1.165) is 11.3 Å². The van der Waals surface area contributed by atoms with Crippen LogP contribution >= 0.6 is 11.3 Å². The second-order valence-electron chi connectivity index (χ2n) is 6.88. The average molecular weight is 442 g/mol. The van der Waals surface area contributed by atoms with Gasteiger partial charge in [0.2, 0.25) is 5.91 Å². The van der Waals surface area contributed by atoms with Crippen molar-refractivity contribution < 1.29 is 23.9 Å². The normalized spacial score (nSPS) is 14.6. The molecule has 2 aromatic rings. The summed E-state index contributed by atoms with van der Waals surface area (Å²) in [5.41, 5.74) is 2.16. The molecule has 1 aromatic carbocycles. The summed E-state index contributed by atoms with van der Waals surface area (Å²) < 4.78 is 10.3. The first kappa shape index (κ1) is 22.5. The van der Waals surface area contributed by atoms with Crippen LogP contribution in [-0.4, -0.2) is 57.2 Å². The van der Waals surface area contributed by atoms with Crippen LogP contribution in [0, 0.1) is 19.3 Å². The molecule has 2 heterocycles. The number of ether oxygens (including phenoxy) is 2. The number of thiophene rings is 1. The number of carbonyl (C=O) groups excluding carboxylic acids is 3. The third-order valence-electron chi connectivity index (χ3n) is 4.67. The number of aryl methyl sites for hydroxylation is 1. The van der Waals surface area contributed by atoms with Gasteiger partial charge in [-0.05, 0) is 42.8 Å². The smallest absolute Gasteiger partial charge is 0.262 e. The first-order chi connectivity index (χ1) is 14.9. The number of rotatable bonds is 7. The highest BCUT2D eigenvalue weighted by Crippen LogP contribution is 2.25. The van der Waals surface area contributed by atoms with Crippen LogP contribution in [0.15, 0.2) is 30.3 Å². The second-order valence-corrected chi connectivity index (χ2v) is 7.96. The van der Waals surface area contributed by atoms with E-state index in [9.17, 15) is 14.4 Å². The number of amides is 3. The quantitative estimate of drug-likeness (QED) is 0.639. The maximum Gasteiger partial charge on any atom is 0.262 e. The second kappa shape index (κ2) is 10.2. The lowest BCUT2D eigenvalue weighted by Crippen LogP contribution is -2.46. The molecule has 3 rings (SSSR count). The van der Waals surface area contributed by atoms with Crippen LogP contribution in [0.1, 0.15) is 20.1 Å². The molecule has 0 radical (unpaired) electrons. The van der Waals surface area contributed by atoms with Crippen LogP contribution in [0.25, 0.3) is 0 Å². The van der Waals surface area contributed by atoms with E-state index in [1.54, 1.807) is 35.2 Å². The topological polar surface area (TPSA) is 97.0 Å². The van der Waals surface area contributed by atoms with Crippen molar-refractivity contribution in [1.82, 2.24) is 5.32 Å². The number of hydrogen-bond donors (Lipinski definition) is 2. The Balaban J connectivity index is 1.68. The maximum absolute atomic E-state index is 12.8. The van der Waals surface area contributed by atoms with Crippen LogP contribution < -0.4 is 15.5 Å². The standard InChI is InChI=1S/C22H23N3O5S/c1-4-16-6-8-19(31-16)22(28)24-17(12-29-3)21(27)23-15-5-7-18(14(2)11-15)25-9-10-30-13-20(25)26/h1,5-8,11,17H,9-10,12-13H2,2-3H3,(H,23,27)(H,24,28). The minimum Gasteiger partial charge on any atom is -0.382 e. The van der Waals surface area contributed by atoms with Crippen LogP contribution in [0.5, 0.6) is 0 Å². The van der Waals surface area contributed by atoms with Crippen LogP contribution in [0.4, 0.5) is 11.4 Å². The Morgan fingerprint density at radius 3 is 2.81 bits per heavy atom. The summed E-state index contributed by atoms with van der Waals surface area (Å²) in [7, 11) is 1.45. The van der Waals surface area contributed by atoms with E-state index in [2.05, 4.69) is 16.6 Å². The van der Waals surface area contributed by atoms with Gasteiger partial charge in [0.15, 0.2) is 0 Å². The Morgan fingerprint density at radius 1 is 1.35 bits per heavy atom. The van der Waals surface area contributed by atoms with E-state index in [0.29, 0.717) is 28.6 Å². The molecule has 1 aliphatic heterocycles. The summed E-state index contributed by atoms with van der Waals surface area (Å²) in [6.07, 6.45) is 5.34. The Hall–Kier alpha value is -3.19. The molecule has 0 spiro atoms. The average Bonchev–Trinajstić information content (AvgIpc) is 3.24. The van der Waals surface area contributed by atoms with Crippen molar-refractivity contribution in [2.75, 3.05) is 43.7 Å². The lowest BCUT2D eigenvalue weighted by molar-refractivity contribution is -0.125. The molecular formula is C22H23N3O5S. The molecule has 1 saturated heterocycles. The number of morpholine rings is 1. The fourth-order valence-electron chi connectivity index (χ4n) is 3.15. The third-order valence-corrected chi connectivity index (χ3v) is 5.68. The monoisotopic (exact) mass is 441 g/mol. The lowest BCUT2D eigenvalue weighted by Gasteiger charge is -2.28. The van der Waals surface area contributed by atoms with Crippen LogP contribution in [0.2, 0.25) is 0 Å². The van der Waals surface area contributed by atoms with Gasteiger partial charge in [0.1, 0.15) is 12.6 Å². The predicted molar refractivity (Wildman–Crippen MR) is 118 cm³/mol. The van der Waals surface area contributed by atoms with Crippen molar-refractivity contribution in [3.63, 3.8) is 0 Å². The highest BCUT2D eigenvalue weighted by Gasteiger charge is 2.24. The highest BCUT2D eigenvalue weighted by atomic mass is 32.1. The Kier molecular flexibility index (Phi) is 7.41. The van der Waals surface area contributed by atoms with Crippen molar-refractivity contribution in [1.29, 1.82) is 0 Å². The fourth-order valence-corrected chi connectivity index (χ4v) is 3.87. The van der Waals surface area contributed by atoms with Gasteiger partial charge in [-0.15, -0.1) is 17.8 Å². The molecule has 162 valence electrons. The molecular weight excluding hydrogens is 418 g/mol. The maximum atomic E-state index is 12.8. The summed E-state index contributed by atoms with van der Waals surface area (Å²) in [6.45, 7) is 2.89. The Labute approximate surface area is 184 Å². The van der Waals surface area contributed by atoms with Gasteiger partial charge in [0, 0.05) is 25.0 Å². The van der Waals surface area contributed by atoms with E-state index < -0.39 is 17.9 Å². The van der Waals surface area contributed by atoms with Gasteiger partial charge in [-0.25, -0.2) is 0 Å². The summed E-state index contributed by atoms with van der Waals surface area (Å²) in [5.74, 6) is 1.55. The number of nitrogens with one attached hydrogen (secondary N) is 2. The molecule has 1 fully saturated rings. The molecule has 1 atom stereocenters. The molecule has 0 aliphatic carbocycles. The van der Waals surface area contributed by atoms with Crippen molar-refractivity contribution in [2.24, 2.45) is 0 Å². The molecule has 31 heavy (non-hydrogen) atoms. The van der Waals surface area contributed by atoms with Gasteiger partial charge >= 0.3 is 0 Å². The van der Waals surface area contributed by atoms with E-state index >= 15 is 0 Å². The minimum absolute atomic E-state index is 0.00426. The molecule has 0 bridgehead atoms. The number of anilines is 2. The summed E-state index contributed by atoms with van der Waals surface area (Å²) >= 11 is 1.17. The Morgan fingerprint density at radius 2 is 2.16 bits per heavy atom. The first-order valence-electron chi connectivity index (χ1n) is 9.58. The number of methoxy groups -OCH3 is 1. The largest absolute Gasteiger partial charge is 0.382 e. The molecule has 1 unspecified atom stereocenters. The van der Waals surface area contributed by atoms with Gasteiger partial charge < -0.3 is 25.0 Å². The van der Waals surface area contributed by atoms with Crippen LogP contribution in [-0.2, 0) is 19.1 Å². The number of carbonyl (C=O) groups is 3. The molecule has 3 amide bonds. The fraction of sp³-hybridized carbons (Fsp3) is 0.318. The van der Waals surface area contributed by atoms with E-state index in [1.807, 2.05) is 6.92 Å². The predicted octanol–water partition coefficient (Wildman–Crippen LogP) is 1.78. The molecule has 9 heteroatoms.